The number of rotatable bonds is 6. The highest BCUT2D eigenvalue weighted by Gasteiger charge is 2.30. The molecule has 1 aliphatic rings. The van der Waals surface area contributed by atoms with E-state index in [0.29, 0.717) is 53.8 Å². The maximum atomic E-state index is 12.9. The Morgan fingerprint density at radius 3 is 2.59 bits per heavy atom. The van der Waals surface area contributed by atoms with Gasteiger partial charge in [-0.3, -0.25) is 18.7 Å². The zero-order valence-electron chi connectivity index (χ0n) is 16.0. The minimum atomic E-state index is -0.438. The molecule has 2 aromatic rings. The van der Waals surface area contributed by atoms with Crippen LogP contribution >= 0.6 is 11.8 Å². The topological polar surface area (TPSA) is 96.1 Å². The van der Waals surface area contributed by atoms with Crippen LogP contribution in [0.3, 0.4) is 0 Å². The summed E-state index contributed by atoms with van der Waals surface area (Å²) in [5.41, 5.74) is -0.475. The van der Waals surface area contributed by atoms with E-state index in [-0.39, 0.29) is 11.7 Å². The SMILES string of the molecule is CCCn1c(=O)n(C)c(=O)c2c(SC3CCOC3=O)nc(CC(C)C)nc21. The van der Waals surface area contributed by atoms with Gasteiger partial charge >= 0.3 is 11.7 Å². The summed E-state index contributed by atoms with van der Waals surface area (Å²) in [5, 5.41) is 0.346. The Kier molecular flexibility index (Phi) is 5.69. The molecule has 1 aliphatic heterocycles. The molecule has 2 aromatic heterocycles. The lowest BCUT2D eigenvalue weighted by molar-refractivity contribution is -0.137. The molecule has 1 saturated heterocycles. The van der Waals surface area contributed by atoms with E-state index in [1.165, 1.54) is 23.4 Å². The Morgan fingerprint density at radius 1 is 1.26 bits per heavy atom. The fraction of sp³-hybridized carbons (Fsp3) is 0.611. The van der Waals surface area contributed by atoms with Gasteiger partial charge in [-0.15, -0.1) is 0 Å². The van der Waals surface area contributed by atoms with Gasteiger partial charge in [0.15, 0.2) is 5.65 Å². The molecule has 0 spiro atoms. The average Bonchev–Trinajstić information content (AvgIpc) is 3.00. The molecule has 0 radical (unpaired) electrons. The number of nitrogens with zero attached hydrogens (tertiary/aromatic N) is 4. The number of hydrogen-bond acceptors (Lipinski definition) is 7. The number of aromatic nitrogens is 4. The van der Waals surface area contributed by atoms with Crippen molar-refractivity contribution in [1.82, 2.24) is 19.1 Å². The van der Waals surface area contributed by atoms with Crippen molar-refractivity contribution in [2.75, 3.05) is 6.61 Å². The zero-order valence-corrected chi connectivity index (χ0v) is 16.8. The van der Waals surface area contributed by atoms with Crippen molar-refractivity contribution < 1.29 is 9.53 Å². The summed E-state index contributed by atoms with van der Waals surface area (Å²) in [6, 6.07) is 0. The van der Waals surface area contributed by atoms with Crippen LogP contribution in [0.25, 0.3) is 11.0 Å². The van der Waals surface area contributed by atoms with Crippen molar-refractivity contribution in [1.29, 1.82) is 0 Å². The Morgan fingerprint density at radius 2 is 2.00 bits per heavy atom. The summed E-state index contributed by atoms with van der Waals surface area (Å²) in [5.74, 6) is 0.592. The summed E-state index contributed by atoms with van der Waals surface area (Å²) in [7, 11) is 1.45. The lowest BCUT2D eigenvalue weighted by Gasteiger charge is -2.15. The van der Waals surface area contributed by atoms with Crippen molar-refractivity contribution >= 4 is 28.8 Å². The molecule has 9 heteroatoms. The minimum absolute atomic E-state index is 0.294. The van der Waals surface area contributed by atoms with Gasteiger partial charge in [-0.2, -0.15) is 0 Å². The van der Waals surface area contributed by atoms with Gasteiger partial charge in [0, 0.05) is 26.4 Å². The Labute approximate surface area is 161 Å². The molecule has 1 fully saturated rings. The third-order valence-electron chi connectivity index (χ3n) is 4.37. The van der Waals surface area contributed by atoms with Gasteiger partial charge in [0.25, 0.3) is 5.56 Å². The lowest BCUT2D eigenvalue weighted by Crippen LogP contribution is -2.39. The van der Waals surface area contributed by atoms with Crippen LogP contribution in [0.4, 0.5) is 0 Å². The van der Waals surface area contributed by atoms with Crippen LogP contribution in [0.2, 0.25) is 0 Å². The standard InChI is InChI=1S/C18H24N4O4S/c1-5-7-22-14-13(16(23)21(4)18(22)25)15(20-12(19-14)9-10(2)3)27-11-6-8-26-17(11)24/h10-11H,5-9H2,1-4H3. The predicted molar refractivity (Wildman–Crippen MR) is 103 cm³/mol. The van der Waals surface area contributed by atoms with Gasteiger partial charge in [0.2, 0.25) is 0 Å². The second kappa shape index (κ2) is 7.84. The number of aryl methyl sites for hydroxylation is 1. The van der Waals surface area contributed by atoms with Gasteiger partial charge in [0.05, 0.1) is 6.61 Å². The smallest absolute Gasteiger partial charge is 0.332 e. The average molecular weight is 392 g/mol. The summed E-state index contributed by atoms with van der Waals surface area (Å²) < 4.78 is 7.65. The number of ether oxygens (including phenoxy) is 1. The van der Waals surface area contributed by atoms with Gasteiger partial charge in [-0.05, 0) is 12.3 Å². The van der Waals surface area contributed by atoms with Crippen molar-refractivity contribution in [3.8, 4) is 0 Å². The molecular weight excluding hydrogens is 368 g/mol. The molecule has 0 amide bonds. The largest absolute Gasteiger partial charge is 0.465 e. The molecule has 0 N–H and O–H groups in total. The van der Waals surface area contributed by atoms with Gasteiger partial charge in [-0.1, -0.05) is 32.5 Å². The van der Waals surface area contributed by atoms with Crippen LogP contribution in [0.5, 0.6) is 0 Å². The lowest BCUT2D eigenvalue weighted by atomic mass is 10.1. The number of fused-ring (bicyclic) bond motifs is 1. The first-order valence-electron chi connectivity index (χ1n) is 9.17. The van der Waals surface area contributed by atoms with Crippen molar-refractivity contribution in [3.63, 3.8) is 0 Å². The van der Waals surface area contributed by atoms with E-state index < -0.39 is 10.8 Å². The van der Waals surface area contributed by atoms with Crippen molar-refractivity contribution in [2.24, 2.45) is 13.0 Å². The van der Waals surface area contributed by atoms with E-state index in [4.69, 9.17) is 4.74 Å². The number of hydrogen-bond donors (Lipinski definition) is 0. The normalized spacial score (nSPS) is 17.1. The third kappa shape index (κ3) is 3.78. The molecule has 0 saturated carbocycles. The highest BCUT2D eigenvalue weighted by Crippen LogP contribution is 2.31. The molecular formula is C18H24N4O4S. The molecule has 8 nitrogen and oxygen atoms in total. The molecule has 27 heavy (non-hydrogen) atoms. The molecule has 0 bridgehead atoms. The Bertz CT molecular complexity index is 995. The van der Waals surface area contributed by atoms with Crippen LogP contribution in [-0.2, 0) is 29.5 Å². The van der Waals surface area contributed by atoms with Gasteiger partial charge in [-0.25, -0.2) is 14.8 Å². The number of cyclic esters (lactones) is 1. The van der Waals surface area contributed by atoms with Crippen LogP contribution in [0.15, 0.2) is 14.6 Å². The molecule has 3 heterocycles. The highest BCUT2D eigenvalue weighted by atomic mass is 32.2. The monoisotopic (exact) mass is 392 g/mol. The Balaban J connectivity index is 2.28. The van der Waals surface area contributed by atoms with Crippen LogP contribution in [0.1, 0.15) is 39.4 Å². The van der Waals surface area contributed by atoms with Crippen LogP contribution < -0.4 is 11.2 Å². The second-order valence-corrected chi connectivity index (χ2v) is 8.29. The summed E-state index contributed by atoms with van der Waals surface area (Å²) in [6.07, 6.45) is 1.92. The van der Waals surface area contributed by atoms with E-state index in [2.05, 4.69) is 23.8 Å². The molecule has 146 valence electrons. The molecule has 3 rings (SSSR count). The summed E-state index contributed by atoms with van der Waals surface area (Å²) in [4.78, 5) is 46.5. The van der Waals surface area contributed by atoms with E-state index in [0.717, 1.165) is 11.0 Å². The number of esters is 1. The van der Waals surface area contributed by atoms with E-state index in [9.17, 15) is 14.4 Å². The first-order valence-corrected chi connectivity index (χ1v) is 10.0. The molecule has 0 aromatic carbocycles. The van der Waals surface area contributed by atoms with E-state index >= 15 is 0 Å². The zero-order chi connectivity index (χ0) is 19.7. The summed E-state index contributed by atoms with van der Waals surface area (Å²) >= 11 is 1.23. The minimum Gasteiger partial charge on any atom is -0.465 e. The molecule has 1 unspecified atom stereocenters. The van der Waals surface area contributed by atoms with Crippen molar-refractivity contribution in [2.45, 2.75) is 56.9 Å². The third-order valence-corrected chi connectivity index (χ3v) is 5.61. The second-order valence-electron chi connectivity index (χ2n) is 7.10. The van der Waals surface area contributed by atoms with Crippen LogP contribution in [-0.4, -0.2) is 36.9 Å². The van der Waals surface area contributed by atoms with E-state index in [1.807, 2.05) is 6.92 Å². The Hall–Kier alpha value is -2.16. The highest BCUT2D eigenvalue weighted by molar-refractivity contribution is 8.00. The quantitative estimate of drug-likeness (QED) is 0.543. The summed E-state index contributed by atoms with van der Waals surface area (Å²) in [6.45, 7) is 6.90. The van der Waals surface area contributed by atoms with Gasteiger partial charge < -0.3 is 4.74 Å². The number of carbonyl (C=O) groups is 1. The number of carbonyl (C=O) groups excluding carboxylic acids is 1. The van der Waals surface area contributed by atoms with E-state index in [1.54, 1.807) is 0 Å². The first-order chi connectivity index (χ1) is 12.8. The van der Waals surface area contributed by atoms with Crippen LogP contribution in [0, 0.1) is 5.92 Å². The first kappa shape index (κ1) is 19.6. The maximum absolute atomic E-state index is 12.9. The molecule has 1 atom stereocenters. The number of thioether (sulfide) groups is 1. The van der Waals surface area contributed by atoms with Crippen molar-refractivity contribution in [3.05, 3.63) is 26.7 Å². The predicted octanol–water partition coefficient (Wildman–Crippen LogP) is 1.51. The fourth-order valence-electron chi connectivity index (χ4n) is 3.07. The van der Waals surface area contributed by atoms with Gasteiger partial charge in [0.1, 0.15) is 21.5 Å². The maximum Gasteiger partial charge on any atom is 0.332 e. The molecule has 0 aliphatic carbocycles. The fourth-order valence-corrected chi connectivity index (χ4v) is 4.17.